The number of ether oxygens (including phenoxy) is 1. The van der Waals surface area contributed by atoms with Gasteiger partial charge in [0.1, 0.15) is 11.9 Å². The van der Waals surface area contributed by atoms with Gasteiger partial charge in [-0.1, -0.05) is 109 Å². The Morgan fingerprint density at radius 3 is 2.09 bits per heavy atom. The van der Waals surface area contributed by atoms with Crippen molar-refractivity contribution in [2.45, 2.75) is 56.7 Å². The molecule has 3 atom stereocenters. The fraction of sp³-hybridized carbons (Fsp3) is 0.267. The number of benzene rings is 4. The summed E-state index contributed by atoms with van der Waals surface area (Å²) in [5.74, 6) is 0.807. The SMILES string of the molecule is COC(=O)N[C@@H](C(=O)N1CCC[C@H]1C1=NC=C(c2ccc(-c3ccc(-c4cnc([C@@H]5CCCN5C(=O)Cc5ccccc5)[nH]4)cc3)cc2)C1)c1ccccc1. The third-order valence-electron chi connectivity index (χ3n) is 11.0. The van der Waals surface area contributed by atoms with E-state index >= 15 is 0 Å². The van der Waals surface area contributed by atoms with Crippen LogP contribution in [0.2, 0.25) is 0 Å². The van der Waals surface area contributed by atoms with E-state index in [1.165, 1.54) is 7.11 Å². The quantitative estimate of drug-likeness (QED) is 0.151. The molecule has 2 fully saturated rings. The summed E-state index contributed by atoms with van der Waals surface area (Å²) in [4.78, 5) is 56.2. The number of methoxy groups -OCH3 is 1. The highest BCUT2D eigenvalue weighted by Gasteiger charge is 2.38. The van der Waals surface area contributed by atoms with E-state index in [0.717, 1.165) is 82.8 Å². The molecule has 1 aromatic heterocycles. The van der Waals surface area contributed by atoms with Crippen molar-refractivity contribution in [3.05, 3.63) is 144 Å². The summed E-state index contributed by atoms with van der Waals surface area (Å²) < 4.78 is 4.84. The van der Waals surface area contributed by atoms with Gasteiger partial charge >= 0.3 is 6.09 Å². The monoisotopic (exact) mass is 732 g/mol. The second kappa shape index (κ2) is 16.0. The molecule has 0 unspecified atom stereocenters. The van der Waals surface area contributed by atoms with Crippen molar-refractivity contribution >= 4 is 29.2 Å². The maximum Gasteiger partial charge on any atom is 0.407 e. The number of amides is 3. The fourth-order valence-corrected chi connectivity index (χ4v) is 8.07. The van der Waals surface area contributed by atoms with E-state index in [4.69, 9.17) is 14.7 Å². The minimum atomic E-state index is -0.840. The number of H-pyrrole nitrogens is 1. The number of allylic oxidation sites excluding steroid dienone is 1. The lowest BCUT2D eigenvalue weighted by Crippen LogP contribution is -2.47. The number of imidazole rings is 1. The normalized spacial score (nSPS) is 18.5. The van der Waals surface area contributed by atoms with Gasteiger partial charge in [0.2, 0.25) is 11.8 Å². The summed E-state index contributed by atoms with van der Waals surface area (Å²) in [6.45, 7) is 1.35. The van der Waals surface area contributed by atoms with Crippen LogP contribution in [0, 0.1) is 0 Å². The van der Waals surface area contributed by atoms with Crippen molar-refractivity contribution in [1.29, 1.82) is 0 Å². The number of alkyl carbamates (subject to hydrolysis) is 1. The summed E-state index contributed by atoms with van der Waals surface area (Å²) in [5, 5.41) is 2.74. The van der Waals surface area contributed by atoms with E-state index < -0.39 is 12.1 Å². The van der Waals surface area contributed by atoms with E-state index in [9.17, 15) is 14.4 Å². The maximum absolute atomic E-state index is 13.9. The number of rotatable bonds is 10. The van der Waals surface area contributed by atoms with Gasteiger partial charge in [0.05, 0.1) is 37.5 Å². The first-order chi connectivity index (χ1) is 26.9. The molecule has 0 bridgehead atoms. The number of hydrogen-bond acceptors (Lipinski definition) is 6. The third kappa shape index (κ3) is 7.71. The summed E-state index contributed by atoms with van der Waals surface area (Å²) in [6.07, 6.45) is 7.76. The minimum absolute atomic E-state index is 0.0406. The molecular formula is C45H44N6O4. The number of carbonyl (C=O) groups is 3. The van der Waals surface area contributed by atoms with Gasteiger partial charge in [-0.25, -0.2) is 9.78 Å². The molecule has 2 N–H and O–H groups in total. The smallest absolute Gasteiger partial charge is 0.407 e. The van der Waals surface area contributed by atoms with Crippen LogP contribution in [0.15, 0.2) is 127 Å². The molecule has 3 aliphatic heterocycles. The Morgan fingerprint density at radius 1 is 0.782 bits per heavy atom. The molecule has 4 heterocycles. The molecule has 0 radical (unpaired) electrons. The highest BCUT2D eigenvalue weighted by molar-refractivity contribution is 6.04. The first-order valence-corrected chi connectivity index (χ1v) is 19.0. The number of aromatic nitrogens is 2. The van der Waals surface area contributed by atoms with Gasteiger partial charge in [-0.3, -0.25) is 14.6 Å². The number of carbonyl (C=O) groups excluding carboxylic acids is 3. The molecule has 10 heteroatoms. The topological polar surface area (TPSA) is 120 Å². The molecular weight excluding hydrogens is 689 g/mol. The van der Waals surface area contributed by atoms with Crippen molar-refractivity contribution < 1.29 is 19.1 Å². The molecule has 10 nitrogen and oxygen atoms in total. The van der Waals surface area contributed by atoms with Crippen molar-refractivity contribution in [1.82, 2.24) is 25.1 Å². The predicted molar refractivity (Wildman–Crippen MR) is 213 cm³/mol. The van der Waals surface area contributed by atoms with E-state index in [1.807, 2.05) is 82.9 Å². The first kappa shape index (κ1) is 35.7. The average Bonchev–Trinajstić information content (AvgIpc) is 4.08. The predicted octanol–water partition coefficient (Wildman–Crippen LogP) is 7.92. The Morgan fingerprint density at radius 2 is 1.40 bits per heavy atom. The summed E-state index contributed by atoms with van der Waals surface area (Å²) >= 11 is 0. The van der Waals surface area contributed by atoms with Crippen LogP contribution >= 0.6 is 0 Å². The zero-order valence-electron chi connectivity index (χ0n) is 30.9. The molecule has 8 rings (SSSR count). The highest BCUT2D eigenvalue weighted by Crippen LogP contribution is 2.35. The molecule has 0 saturated carbocycles. The van der Waals surface area contributed by atoms with Gasteiger partial charge < -0.3 is 24.8 Å². The summed E-state index contributed by atoms with van der Waals surface area (Å²) in [6, 6.07) is 35.1. The molecule has 3 amide bonds. The average molecular weight is 733 g/mol. The van der Waals surface area contributed by atoms with Crippen molar-refractivity contribution in [2.75, 3.05) is 20.2 Å². The molecule has 5 aromatic rings. The van der Waals surface area contributed by atoms with E-state index in [1.54, 1.807) is 0 Å². The summed E-state index contributed by atoms with van der Waals surface area (Å²) in [5.41, 5.74) is 9.09. The molecule has 4 aromatic carbocycles. The largest absolute Gasteiger partial charge is 0.453 e. The lowest BCUT2D eigenvalue weighted by atomic mass is 9.96. The van der Waals surface area contributed by atoms with Crippen LogP contribution in [-0.4, -0.2) is 69.6 Å². The molecule has 278 valence electrons. The zero-order valence-corrected chi connectivity index (χ0v) is 30.9. The van der Waals surface area contributed by atoms with Gasteiger partial charge in [0.15, 0.2) is 0 Å². The van der Waals surface area contributed by atoms with Gasteiger partial charge in [0.25, 0.3) is 0 Å². The van der Waals surface area contributed by atoms with Crippen molar-refractivity contribution in [2.24, 2.45) is 4.99 Å². The van der Waals surface area contributed by atoms with Crippen LogP contribution < -0.4 is 5.32 Å². The summed E-state index contributed by atoms with van der Waals surface area (Å²) in [7, 11) is 1.30. The van der Waals surface area contributed by atoms with Crippen molar-refractivity contribution in [3.8, 4) is 22.4 Å². The number of aromatic amines is 1. The van der Waals surface area contributed by atoms with E-state index in [2.05, 4.69) is 58.8 Å². The van der Waals surface area contributed by atoms with Gasteiger partial charge in [0, 0.05) is 31.4 Å². The lowest BCUT2D eigenvalue weighted by Gasteiger charge is -2.29. The second-order valence-electron chi connectivity index (χ2n) is 14.4. The Balaban J connectivity index is 0.890. The molecule has 0 aliphatic carbocycles. The maximum atomic E-state index is 13.9. The Hall–Kier alpha value is -6.29. The third-order valence-corrected chi connectivity index (χ3v) is 11.0. The van der Waals surface area contributed by atoms with Crippen LogP contribution in [0.5, 0.6) is 0 Å². The standard InChI is InChI=1S/C45H44N6O4/c1-55-45(54)49-42(35-12-6-3-7-13-35)44(53)51-25-8-14-39(51)37-27-36(28-46-37)33-18-16-31(17-19-33)32-20-22-34(23-21-32)38-29-47-43(48-38)40-15-9-24-50(40)41(52)26-30-10-4-2-5-11-30/h2-7,10-13,16-23,28-29,39-40,42H,8-9,14-15,24-27H2,1H3,(H,47,48)(H,49,54)/t39-,40-,42+/m0/s1. The number of aliphatic imine (C=N–C) groups is 1. The number of hydrogen-bond donors (Lipinski definition) is 2. The number of nitrogens with one attached hydrogen (secondary N) is 2. The van der Waals surface area contributed by atoms with Gasteiger partial charge in [-0.2, -0.15) is 0 Å². The second-order valence-corrected chi connectivity index (χ2v) is 14.4. The fourth-order valence-electron chi connectivity index (χ4n) is 8.07. The van der Waals surface area contributed by atoms with Gasteiger partial charge in [-0.05, 0) is 64.6 Å². The highest BCUT2D eigenvalue weighted by atomic mass is 16.5. The van der Waals surface area contributed by atoms with Crippen LogP contribution in [0.3, 0.4) is 0 Å². The Kier molecular flexibility index (Phi) is 10.4. The molecule has 3 aliphatic rings. The first-order valence-electron chi connectivity index (χ1n) is 19.0. The number of likely N-dealkylation sites (tertiary alicyclic amines) is 2. The molecule has 55 heavy (non-hydrogen) atoms. The Bertz CT molecular complexity index is 2210. The van der Waals surface area contributed by atoms with Gasteiger partial charge in [-0.15, -0.1) is 0 Å². The minimum Gasteiger partial charge on any atom is -0.453 e. The van der Waals surface area contributed by atoms with E-state index in [0.29, 0.717) is 24.9 Å². The van der Waals surface area contributed by atoms with Crippen LogP contribution in [0.1, 0.15) is 66.7 Å². The zero-order chi connectivity index (χ0) is 37.7. The number of nitrogens with zero attached hydrogens (tertiary/aromatic N) is 4. The van der Waals surface area contributed by atoms with Crippen LogP contribution in [0.25, 0.3) is 28.0 Å². The Labute approximate surface area is 321 Å². The van der Waals surface area contributed by atoms with E-state index in [-0.39, 0.29) is 23.9 Å². The van der Waals surface area contributed by atoms with Crippen LogP contribution in [0.4, 0.5) is 4.79 Å². The lowest BCUT2D eigenvalue weighted by molar-refractivity contribution is -0.133. The van der Waals surface area contributed by atoms with Crippen molar-refractivity contribution in [3.63, 3.8) is 0 Å². The molecule has 2 saturated heterocycles. The molecule has 0 spiro atoms. The van der Waals surface area contributed by atoms with Crippen LogP contribution in [-0.2, 0) is 20.7 Å².